The highest BCUT2D eigenvalue weighted by Gasteiger charge is 2.38. The molecule has 0 saturated heterocycles. The third-order valence-corrected chi connectivity index (χ3v) is 4.54. The zero-order valence-corrected chi connectivity index (χ0v) is 14.7. The van der Waals surface area contributed by atoms with Gasteiger partial charge in [-0.05, 0) is 29.7 Å². The van der Waals surface area contributed by atoms with Crippen molar-refractivity contribution in [2.24, 2.45) is 0 Å². The Bertz CT molecular complexity index is 833. The summed E-state index contributed by atoms with van der Waals surface area (Å²) in [6.45, 7) is 1.18. The van der Waals surface area contributed by atoms with Gasteiger partial charge in [-0.2, -0.15) is 0 Å². The van der Waals surface area contributed by atoms with E-state index in [-0.39, 0.29) is 0 Å². The van der Waals surface area contributed by atoms with Gasteiger partial charge in [0.2, 0.25) is 5.89 Å². The first-order valence-corrected chi connectivity index (χ1v) is 8.82. The number of nitrogens with zero attached hydrogens (tertiary/aromatic N) is 2. The van der Waals surface area contributed by atoms with Crippen molar-refractivity contribution in [3.63, 3.8) is 0 Å². The smallest absolute Gasteiger partial charge is 0.315 e. The van der Waals surface area contributed by atoms with E-state index in [0.29, 0.717) is 37.0 Å². The number of ether oxygens (including phenoxy) is 1. The zero-order chi connectivity index (χ0) is 17.8. The molecule has 1 heterocycles. The molecule has 6 nitrogen and oxygen atoms in total. The topological polar surface area (TPSA) is 72.2 Å². The molecule has 6 heteroatoms. The lowest BCUT2D eigenvalue weighted by Gasteiger charge is -2.07. The number of aromatic nitrogens is 2. The molecule has 4 rings (SSSR count). The van der Waals surface area contributed by atoms with Crippen molar-refractivity contribution in [1.82, 2.24) is 15.5 Å². The molecular formula is C20H22N4O2. The molecule has 0 bridgehead atoms. The van der Waals surface area contributed by atoms with Gasteiger partial charge >= 0.3 is 6.01 Å². The van der Waals surface area contributed by atoms with Crippen LogP contribution < -0.4 is 15.4 Å². The highest BCUT2D eigenvalue weighted by Crippen LogP contribution is 2.41. The Morgan fingerprint density at radius 3 is 2.62 bits per heavy atom. The molecule has 1 aliphatic rings. The number of hydrogen-bond acceptors (Lipinski definition) is 6. The van der Waals surface area contributed by atoms with Crippen molar-refractivity contribution in [3.8, 4) is 5.75 Å². The zero-order valence-electron chi connectivity index (χ0n) is 14.7. The normalized spacial score (nSPS) is 18.5. The third-order valence-electron chi connectivity index (χ3n) is 4.54. The fourth-order valence-electron chi connectivity index (χ4n) is 2.99. The molecule has 0 radical (unpaired) electrons. The Labute approximate surface area is 152 Å². The second kappa shape index (κ2) is 7.58. The molecule has 26 heavy (non-hydrogen) atoms. The van der Waals surface area contributed by atoms with E-state index in [0.717, 1.165) is 12.2 Å². The van der Waals surface area contributed by atoms with Crippen molar-refractivity contribution in [2.45, 2.75) is 31.5 Å². The number of anilines is 1. The summed E-state index contributed by atoms with van der Waals surface area (Å²) in [4.78, 5) is 0. The summed E-state index contributed by atoms with van der Waals surface area (Å²) in [6, 6.07) is 19.5. The minimum Gasteiger partial charge on any atom is -0.489 e. The van der Waals surface area contributed by atoms with E-state index < -0.39 is 0 Å². The second-order valence-corrected chi connectivity index (χ2v) is 6.42. The maximum atomic E-state index is 5.84. The summed E-state index contributed by atoms with van der Waals surface area (Å²) in [5.74, 6) is 2.03. The molecule has 0 amide bonds. The molecule has 0 aliphatic heterocycles. The van der Waals surface area contributed by atoms with Gasteiger partial charge < -0.3 is 19.8 Å². The minimum atomic E-state index is 0.445. The molecule has 2 aromatic carbocycles. The molecule has 1 aliphatic carbocycles. The molecule has 0 spiro atoms. The molecule has 2 N–H and O–H groups in total. The lowest BCUT2D eigenvalue weighted by molar-refractivity contribution is 0.306. The van der Waals surface area contributed by atoms with E-state index in [1.165, 1.54) is 11.1 Å². The van der Waals surface area contributed by atoms with Gasteiger partial charge in [0.25, 0.3) is 0 Å². The van der Waals surface area contributed by atoms with Gasteiger partial charge in [0.15, 0.2) is 0 Å². The summed E-state index contributed by atoms with van der Waals surface area (Å²) >= 11 is 0. The van der Waals surface area contributed by atoms with Gasteiger partial charge in [0, 0.05) is 19.0 Å². The van der Waals surface area contributed by atoms with E-state index in [1.807, 2.05) is 30.3 Å². The van der Waals surface area contributed by atoms with Gasteiger partial charge in [0.1, 0.15) is 12.4 Å². The Morgan fingerprint density at radius 1 is 1.08 bits per heavy atom. The molecule has 1 aromatic heterocycles. The predicted molar refractivity (Wildman–Crippen MR) is 99.0 cm³/mol. The summed E-state index contributed by atoms with van der Waals surface area (Å²) in [5, 5.41) is 14.2. The van der Waals surface area contributed by atoms with Gasteiger partial charge in [-0.15, -0.1) is 5.10 Å². The van der Waals surface area contributed by atoms with Crippen molar-refractivity contribution in [1.29, 1.82) is 0 Å². The predicted octanol–water partition coefficient (Wildman–Crippen LogP) is 3.34. The monoisotopic (exact) mass is 350 g/mol. The third kappa shape index (κ3) is 4.03. The molecule has 3 aromatic rings. The first-order valence-electron chi connectivity index (χ1n) is 8.82. The molecule has 134 valence electrons. The molecule has 1 fully saturated rings. The first kappa shape index (κ1) is 16.6. The summed E-state index contributed by atoms with van der Waals surface area (Å²) < 4.78 is 11.3. The molecule has 2 atom stereocenters. The number of rotatable bonds is 8. The summed E-state index contributed by atoms with van der Waals surface area (Å²) in [6.07, 6.45) is 1.12. The van der Waals surface area contributed by atoms with Gasteiger partial charge in [0.05, 0.1) is 6.54 Å². The molecule has 1 saturated carbocycles. The quantitative estimate of drug-likeness (QED) is 0.649. The Kier molecular flexibility index (Phi) is 4.84. The van der Waals surface area contributed by atoms with Crippen LogP contribution in [0.5, 0.6) is 5.75 Å². The van der Waals surface area contributed by atoms with E-state index in [9.17, 15) is 0 Å². The lowest BCUT2D eigenvalue weighted by atomic mass is 10.1. The van der Waals surface area contributed by atoms with Crippen LogP contribution in [0.2, 0.25) is 0 Å². The fourth-order valence-corrected chi connectivity index (χ4v) is 2.99. The van der Waals surface area contributed by atoms with Crippen LogP contribution in [0.25, 0.3) is 0 Å². The van der Waals surface area contributed by atoms with Gasteiger partial charge in [-0.1, -0.05) is 47.6 Å². The first-order chi connectivity index (χ1) is 12.8. The van der Waals surface area contributed by atoms with E-state index in [4.69, 9.17) is 9.15 Å². The SMILES string of the molecule is CNc1nnc(CN[C@H]2C[C@@H]2c2ccc(OCc3ccccc3)cc2)o1. The summed E-state index contributed by atoms with van der Waals surface area (Å²) in [5.41, 5.74) is 2.50. The van der Waals surface area contributed by atoms with Crippen LogP contribution in [0.4, 0.5) is 6.01 Å². The standard InChI is InChI=1S/C20H22N4O2/c1-21-20-24-23-19(26-20)12-22-18-11-17(18)15-7-9-16(10-8-15)25-13-14-5-3-2-4-6-14/h2-10,17-18,22H,11-13H2,1H3,(H,21,24)/t17-,18+/m1/s1. The van der Waals surface area contributed by atoms with Crippen LogP contribution in [0, 0.1) is 0 Å². The van der Waals surface area contributed by atoms with Crippen molar-refractivity contribution in [2.75, 3.05) is 12.4 Å². The lowest BCUT2D eigenvalue weighted by Crippen LogP contribution is -2.17. The minimum absolute atomic E-state index is 0.445. The van der Waals surface area contributed by atoms with E-state index in [1.54, 1.807) is 7.05 Å². The Hall–Kier alpha value is -2.86. The second-order valence-electron chi connectivity index (χ2n) is 6.42. The van der Waals surface area contributed by atoms with Crippen molar-refractivity contribution in [3.05, 3.63) is 71.6 Å². The van der Waals surface area contributed by atoms with Crippen LogP contribution >= 0.6 is 0 Å². The number of benzene rings is 2. The van der Waals surface area contributed by atoms with Crippen LogP contribution in [-0.2, 0) is 13.2 Å². The van der Waals surface area contributed by atoms with Gasteiger partial charge in [-0.25, -0.2) is 0 Å². The maximum Gasteiger partial charge on any atom is 0.315 e. The van der Waals surface area contributed by atoms with Crippen LogP contribution in [0.3, 0.4) is 0 Å². The highest BCUT2D eigenvalue weighted by atomic mass is 16.5. The van der Waals surface area contributed by atoms with E-state index in [2.05, 4.69) is 45.1 Å². The number of nitrogens with one attached hydrogen (secondary N) is 2. The number of hydrogen-bond donors (Lipinski definition) is 2. The van der Waals surface area contributed by atoms with Crippen LogP contribution in [0.1, 0.15) is 29.4 Å². The average molecular weight is 350 g/mol. The highest BCUT2D eigenvalue weighted by molar-refractivity contribution is 5.34. The largest absolute Gasteiger partial charge is 0.489 e. The Balaban J connectivity index is 1.25. The Morgan fingerprint density at radius 2 is 1.88 bits per heavy atom. The van der Waals surface area contributed by atoms with Gasteiger partial charge in [-0.3, -0.25) is 0 Å². The molecule has 0 unspecified atom stereocenters. The van der Waals surface area contributed by atoms with Crippen LogP contribution in [0.15, 0.2) is 59.0 Å². The fraction of sp³-hybridized carbons (Fsp3) is 0.300. The maximum absolute atomic E-state index is 5.84. The molecular weight excluding hydrogens is 328 g/mol. The summed E-state index contributed by atoms with van der Waals surface area (Å²) in [7, 11) is 1.76. The average Bonchev–Trinajstić information content (AvgIpc) is 3.33. The van der Waals surface area contributed by atoms with Crippen molar-refractivity contribution >= 4 is 6.01 Å². The van der Waals surface area contributed by atoms with Crippen LogP contribution in [-0.4, -0.2) is 23.3 Å². The van der Waals surface area contributed by atoms with Crippen molar-refractivity contribution < 1.29 is 9.15 Å². The van der Waals surface area contributed by atoms with E-state index >= 15 is 0 Å².